The summed E-state index contributed by atoms with van der Waals surface area (Å²) in [6.45, 7) is 0.775. The van der Waals surface area contributed by atoms with Crippen molar-refractivity contribution in [2.75, 3.05) is 29.5 Å². The molecular weight excluding hydrogens is 297 g/mol. The number of aromatic nitrogens is 3. The molecule has 0 atom stereocenters. The van der Waals surface area contributed by atoms with E-state index in [1.165, 1.54) is 13.2 Å². The molecule has 6 nitrogen and oxygen atoms in total. The summed E-state index contributed by atoms with van der Waals surface area (Å²) in [5.41, 5.74) is 0.486. The van der Waals surface area contributed by atoms with E-state index in [1.807, 2.05) is 0 Å². The Labute approximate surface area is 124 Å². The van der Waals surface area contributed by atoms with Gasteiger partial charge in [0.05, 0.1) is 11.9 Å². The number of nitrogens with zero attached hydrogens (tertiary/aromatic N) is 3. The van der Waals surface area contributed by atoms with E-state index in [1.54, 1.807) is 6.07 Å². The van der Waals surface area contributed by atoms with E-state index in [-0.39, 0.29) is 11.8 Å². The molecule has 2 aromatic rings. The highest BCUT2D eigenvalue weighted by Gasteiger charge is 2.35. The summed E-state index contributed by atoms with van der Waals surface area (Å²) < 4.78 is 39.1. The first-order chi connectivity index (χ1) is 10.5. The normalized spacial score (nSPS) is 13.5. The predicted molar refractivity (Wildman–Crippen MR) is 76.3 cm³/mol. The van der Waals surface area contributed by atoms with Gasteiger partial charge in [-0.2, -0.15) is 18.2 Å². The second-order valence-electron chi connectivity index (χ2n) is 4.74. The van der Waals surface area contributed by atoms with Crippen molar-refractivity contribution in [1.82, 2.24) is 15.0 Å². The summed E-state index contributed by atoms with van der Waals surface area (Å²) in [5.74, 6) is 0.561. The lowest BCUT2D eigenvalue weighted by Gasteiger charge is -2.14. The maximum atomic E-state index is 13.0. The Morgan fingerprint density at radius 3 is 2.77 bits per heavy atom. The number of rotatable bonds is 3. The van der Waals surface area contributed by atoms with E-state index < -0.39 is 11.7 Å². The van der Waals surface area contributed by atoms with Gasteiger partial charge in [0.25, 0.3) is 0 Å². The van der Waals surface area contributed by atoms with E-state index in [2.05, 4.69) is 30.9 Å². The predicted octanol–water partition coefficient (Wildman–Crippen LogP) is 2.64. The van der Waals surface area contributed by atoms with Gasteiger partial charge in [0.1, 0.15) is 17.2 Å². The molecule has 0 unspecified atom stereocenters. The van der Waals surface area contributed by atoms with E-state index >= 15 is 0 Å². The standard InChI is InChI=1S/C13H13F3N6/c1-17-12-20-6-9(13(14,15)16)11(22-12)21-8-4-7-2-3-18-10(7)19-5-8/h4-6H,2-3H2,1H3,(H,18,19)(H2,17,20,21,22). The van der Waals surface area contributed by atoms with E-state index in [0.717, 1.165) is 30.5 Å². The fraction of sp³-hybridized carbons (Fsp3) is 0.308. The van der Waals surface area contributed by atoms with Crippen LogP contribution < -0.4 is 16.0 Å². The maximum absolute atomic E-state index is 13.0. The van der Waals surface area contributed by atoms with Gasteiger partial charge < -0.3 is 16.0 Å². The first-order valence-electron chi connectivity index (χ1n) is 6.59. The van der Waals surface area contributed by atoms with E-state index in [0.29, 0.717) is 5.69 Å². The van der Waals surface area contributed by atoms with Crippen molar-refractivity contribution in [1.29, 1.82) is 0 Å². The average molecular weight is 310 g/mol. The Morgan fingerprint density at radius 2 is 2.05 bits per heavy atom. The molecule has 2 aromatic heterocycles. The Morgan fingerprint density at radius 1 is 1.23 bits per heavy atom. The van der Waals surface area contributed by atoms with Crippen molar-refractivity contribution in [2.45, 2.75) is 12.6 Å². The second kappa shape index (κ2) is 5.32. The van der Waals surface area contributed by atoms with Crippen LogP contribution in [0.1, 0.15) is 11.1 Å². The van der Waals surface area contributed by atoms with Gasteiger partial charge in [0.15, 0.2) is 0 Å². The third kappa shape index (κ3) is 2.74. The molecule has 0 saturated heterocycles. The number of nitrogens with one attached hydrogen (secondary N) is 3. The van der Waals surface area contributed by atoms with Crippen LogP contribution in [0.2, 0.25) is 0 Å². The first kappa shape index (κ1) is 14.4. The largest absolute Gasteiger partial charge is 0.421 e. The monoisotopic (exact) mass is 310 g/mol. The summed E-state index contributed by atoms with van der Waals surface area (Å²) >= 11 is 0. The van der Waals surface area contributed by atoms with Crippen molar-refractivity contribution in [3.63, 3.8) is 0 Å². The molecule has 0 bridgehead atoms. The molecule has 0 aromatic carbocycles. The zero-order valence-corrected chi connectivity index (χ0v) is 11.6. The smallest absolute Gasteiger partial charge is 0.370 e. The van der Waals surface area contributed by atoms with Crippen LogP contribution in [0.15, 0.2) is 18.5 Å². The van der Waals surface area contributed by atoms with Gasteiger partial charge >= 0.3 is 6.18 Å². The average Bonchev–Trinajstić information content (AvgIpc) is 2.93. The molecule has 0 aliphatic carbocycles. The number of halogens is 3. The molecule has 9 heteroatoms. The van der Waals surface area contributed by atoms with Gasteiger partial charge in [-0.15, -0.1) is 0 Å². The van der Waals surface area contributed by atoms with Gasteiger partial charge in [0, 0.05) is 19.8 Å². The molecule has 0 radical (unpaired) electrons. The van der Waals surface area contributed by atoms with Crippen LogP contribution >= 0.6 is 0 Å². The minimum Gasteiger partial charge on any atom is -0.370 e. The summed E-state index contributed by atoms with van der Waals surface area (Å²) in [6.07, 6.45) is -1.53. The molecular formula is C13H13F3N6. The fourth-order valence-electron chi connectivity index (χ4n) is 2.19. The molecule has 0 saturated carbocycles. The van der Waals surface area contributed by atoms with Crippen molar-refractivity contribution >= 4 is 23.3 Å². The van der Waals surface area contributed by atoms with Crippen LogP contribution in [-0.2, 0) is 12.6 Å². The molecule has 0 fully saturated rings. The van der Waals surface area contributed by atoms with Crippen LogP contribution in [-0.4, -0.2) is 28.5 Å². The number of anilines is 4. The molecule has 3 N–H and O–H groups in total. The highest BCUT2D eigenvalue weighted by molar-refractivity contribution is 5.64. The first-order valence-corrected chi connectivity index (χ1v) is 6.59. The number of fused-ring (bicyclic) bond motifs is 1. The third-order valence-corrected chi connectivity index (χ3v) is 3.23. The molecule has 1 aliphatic rings. The lowest BCUT2D eigenvalue weighted by molar-refractivity contribution is -0.137. The van der Waals surface area contributed by atoms with Gasteiger partial charge in [-0.3, -0.25) is 0 Å². The van der Waals surface area contributed by atoms with Gasteiger partial charge in [-0.1, -0.05) is 0 Å². The van der Waals surface area contributed by atoms with Crippen LogP contribution in [0, 0.1) is 0 Å². The topological polar surface area (TPSA) is 74.8 Å². The van der Waals surface area contributed by atoms with Gasteiger partial charge in [-0.25, -0.2) is 9.97 Å². The van der Waals surface area contributed by atoms with E-state index in [9.17, 15) is 13.2 Å². The molecule has 3 heterocycles. The number of pyridine rings is 1. The SMILES string of the molecule is CNc1ncc(C(F)(F)F)c(Nc2cnc3c(c2)CCN3)n1. The third-order valence-electron chi connectivity index (χ3n) is 3.23. The van der Waals surface area contributed by atoms with Crippen molar-refractivity contribution < 1.29 is 13.2 Å². The van der Waals surface area contributed by atoms with Gasteiger partial charge in [0.2, 0.25) is 5.95 Å². The van der Waals surface area contributed by atoms with Crippen LogP contribution in [0.5, 0.6) is 0 Å². The number of hydrogen-bond donors (Lipinski definition) is 3. The highest BCUT2D eigenvalue weighted by atomic mass is 19.4. The summed E-state index contributed by atoms with van der Waals surface area (Å²) in [4.78, 5) is 11.6. The summed E-state index contributed by atoms with van der Waals surface area (Å²) in [5, 5.41) is 8.39. The van der Waals surface area contributed by atoms with Crippen molar-refractivity contribution in [3.05, 3.63) is 29.6 Å². The number of alkyl halides is 3. The zero-order valence-electron chi connectivity index (χ0n) is 11.6. The minimum absolute atomic E-state index is 0.103. The molecule has 0 spiro atoms. The Balaban J connectivity index is 1.96. The van der Waals surface area contributed by atoms with Crippen molar-refractivity contribution in [2.24, 2.45) is 0 Å². The molecule has 0 amide bonds. The molecule has 22 heavy (non-hydrogen) atoms. The van der Waals surface area contributed by atoms with Gasteiger partial charge in [-0.05, 0) is 18.1 Å². The summed E-state index contributed by atoms with van der Waals surface area (Å²) in [7, 11) is 1.54. The molecule has 1 aliphatic heterocycles. The fourth-order valence-corrected chi connectivity index (χ4v) is 2.19. The number of hydrogen-bond acceptors (Lipinski definition) is 6. The van der Waals surface area contributed by atoms with Crippen LogP contribution in [0.4, 0.5) is 36.4 Å². The molecule has 3 rings (SSSR count). The summed E-state index contributed by atoms with van der Waals surface area (Å²) in [6, 6.07) is 1.77. The Hall–Kier alpha value is -2.58. The second-order valence-corrected chi connectivity index (χ2v) is 4.74. The highest BCUT2D eigenvalue weighted by Crippen LogP contribution is 2.35. The Bertz CT molecular complexity index is 701. The quantitative estimate of drug-likeness (QED) is 0.809. The minimum atomic E-state index is -4.54. The zero-order chi connectivity index (χ0) is 15.7. The maximum Gasteiger partial charge on any atom is 0.421 e. The van der Waals surface area contributed by atoms with E-state index in [4.69, 9.17) is 0 Å². The lowest BCUT2D eigenvalue weighted by Crippen LogP contribution is -2.12. The van der Waals surface area contributed by atoms with Crippen molar-refractivity contribution in [3.8, 4) is 0 Å². The lowest BCUT2D eigenvalue weighted by atomic mass is 10.2. The van der Waals surface area contributed by atoms with Crippen LogP contribution in [0.3, 0.4) is 0 Å². The Kier molecular flexibility index (Phi) is 3.47. The van der Waals surface area contributed by atoms with Crippen LogP contribution in [0.25, 0.3) is 0 Å². The molecule has 116 valence electrons.